The van der Waals surface area contributed by atoms with E-state index in [4.69, 9.17) is 4.52 Å². The number of hydrogen-bond acceptors (Lipinski definition) is 3. The molecule has 2 rings (SSSR count). The van der Waals surface area contributed by atoms with Crippen LogP contribution in [0.15, 0.2) is 40.9 Å². The first-order chi connectivity index (χ1) is 9.44. The minimum Gasteiger partial charge on any atom is -0.361 e. The highest BCUT2D eigenvalue weighted by Crippen LogP contribution is 2.13. The molecule has 0 saturated carbocycles. The number of hydrogen-bond donors (Lipinski definition) is 1. The zero-order valence-electron chi connectivity index (χ0n) is 12.1. The topological polar surface area (TPSA) is 55.1 Å². The molecule has 0 atom stereocenters. The third-order valence-corrected chi connectivity index (χ3v) is 2.99. The van der Waals surface area contributed by atoms with Gasteiger partial charge in [0, 0.05) is 11.6 Å². The van der Waals surface area contributed by atoms with E-state index < -0.39 is 0 Å². The largest absolute Gasteiger partial charge is 0.361 e. The van der Waals surface area contributed by atoms with Gasteiger partial charge in [-0.15, -0.1) is 0 Å². The number of aromatic nitrogens is 1. The van der Waals surface area contributed by atoms with Crippen LogP contribution in [0, 0.1) is 6.92 Å². The fraction of sp³-hybridized carbons (Fsp3) is 0.375. The number of carbonyl (C=O) groups is 1. The molecule has 4 nitrogen and oxygen atoms in total. The molecule has 1 N–H and O–H groups in total. The summed E-state index contributed by atoms with van der Waals surface area (Å²) in [4.78, 5) is 12.0. The zero-order valence-corrected chi connectivity index (χ0v) is 12.1. The Morgan fingerprint density at radius 1 is 1.30 bits per heavy atom. The van der Waals surface area contributed by atoms with Crippen LogP contribution in [0.25, 0.3) is 0 Å². The van der Waals surface area contributed by atoms with Gasteiger partial charge in [0.2, 0.25) is 5.91 Å². The van der Waals surface area contributed by atoms with E-state index in [0.29, 0.717) is 5.69 Å². The fourth-order valence-corrected chi connectivity index (χ4v) is 2.24. The molecule has 1 aromatic heterocycles. The first-order valence-corrected chi connectivity index (χ1v) is 6.72. The third kappa shape index (κ3) is 4.23. The molecule has 0 unspecified atom stereocenters. The number of nitrogens with zero attached hydrogens (tertiary/aromatic N) is 1. The van der Waals surface area contributed by atoms with Crippen LogP contribution in [0.4, 0.5) is 0 Å². The summed E-state index contributed by atoms with van der Waals surface area (Å²) in [5.41, 5.74) is 1.57. The highest BCUT2D eigenvalue weighted by Gasteiger charge is 2.21. The molecule has 0 fully saturated rings. The molecule has 0 aliphatic rings. The molecule has 1 amide bonds. The summed E-state index contributed by atoms with van der Waals surface area (Å²) in [5, 5.41) is 6.88. The molecule has 0 aliphatic heterocycles. The third-order valence-electron chi connectivity index (χ3n) is 2.99. The SMILES string of the molecule is Cc1cc(CC(=O)NC(C)(C)Cc2ccccc2)no1. The maximum atomic E-state index is 12.0. The van der Waals surface area contributed by atoms with E-state index in [0.717, 1.165) is 12.2 Å². The number of aryl methyl sites for hydroxylation is 1. The molecule has 0 spiro atoms. The van der Waals surface area contributed by atoms with Crippen LogP contribution in [0.3, 0.4) is 0 Å². The number of amides is 1. The molecule has 0 saturated heterocycles. The average molecular weight is 272 g/mol. The lowest BCUT2D eigenvalue weighted by Crippen LogP contribution is -2.45. The second kappa shape index (κ2) is 5.90. The van der Waals surface area contributed by atoms with Crippen molar-refractivity contribution in [2.45, 2.75) is 39.2 Å². The Bertz CT molecular complexity index is 573. The van der Waals surface area contributed by atoms with Gasteiger partial charge in [0.1, 0.15) is 5.76 Å². The number of nitrogens with one attached hydrogen (secondary N) is 1. The predicted molar refractivity (Wildman–Crippen MR) is 77.3 cm³/mol. The van der Waals surface area contributed by atoms with Crippen molar-refractivity contribution in [3.8, 4) is 0 Å². The number of benzene rings is 1. The molecule has 106 valence electrons. The van der Waals surface area contributed by atoms with Gasteiger partial charge in [-0.2, -0.15) is 0 Å². The van der Waals surface area contributed by atoms with Crippen molar-refractivity contribution < 1.29 is 9.32 Å². The Morgan fingerprint density at radius 2 is 2.00 bits per heavy atom. The average Bonchev–Trinajstić information content (AvgIpc) is 2.74. The van der Waals surface area contributed by atoms with Gasteiger partial charge in [0.25, 0.3) is 0 Å². The van der Waals surface area contributed by atoms with Gasteiger partial charge >= 0.3 is 0 Å². The van der Waals surface area contributed by atoms with Gasteiger partial charge in [-0.25, -0.2) is 0 Å². The van der Waals surface area contributed by atoms with E-state index in [1.165, 1.54) is 5.56 Å². The van der Waals surface area contributed by atoms with E-state index in [2.05, 4.69) is 22.6 Å². The van der Waals surface area contributed by atoms with E-state index in [9.17, 15) is 4.79 Å². The summed E-state index contributed by atoms with van der Waals surface area (Å²) >= 11 is 0. The lowest BCUT2D eigenvalue weighted by Gasteiger charge is -2.26. The lowest BCUT2D eigenvalue weighted by atomic mass is 9.94. The molecule has 0 radical (unpaired) electrons. The molecule has 4 heteroatoms. The van der Waals surface area contributed by atoms with Crippen molar-refractivity contribution in [2.24, 2.45) is 0 Å². The quantitative estimate of drug-likeness (QED) is 0.910. The van der Waals surface area contributed by atoms with Gasteiger partial charge in [-0.05, 0) is 32.8 Å². The van der Waals surface area contributed by atoms with Gasteiger partial charge in [0.15, 0.2) is 0 Å². The lowest BCUT2D eigenvalue weighted by molar-refractivity contribution is -0.122. The van der Waals surface area contributed by atoms with Gasteiger partial charge in [-0.1, -0.05) is 35.5 Å². The van der Waals surface area contributed by atoms with E-state index in [1.54, 1.807) is 6.07 Å². The summed E-state index contributed by atoms with van der Waals surface area (Å²) in [7, 11) is 0. The van der Waals surface area contributed by atoms with Crippen LogP contribution >= 0.6 is 0 Å². The summed E-state index contributed by atoms with van der Waals surface area (Å²) in [6.45, 7) is 5.85. The van der Waals surface area contributed by atoms with Crippen LogP contribution < -0.4 is 5.32 Å². The second-order valence-electron chi connectivity index (χ2n) is 5.70. The Kier molecular flexibility index (Phi) is 4.23. The normalized spacial score (nSPS) is 11.3. The highest BCUT2D eigenvalue weighted by atomic mass is 16.5. The van der Waals surface area contributed by atoms with E-state index in [-0.39, 0.29) is 17.9 Å². The molecule has 1 heterocycles. The zero-order chi connectivity index (χ0) is 14.6. The van der Waals surface area contributed by atoms with Gasteiger partial charge in [0.05, 0.1) is 12.1 Å². The van der Waals surface area contributed by atoms with E-state index >= 15 is 0 Å². The van der Waals surface area contributed by atoms with Crippen molar-refractivity contribution in [1.82, 2.24) is 10.5 Å². The van der Waals surface area contributed by atoms with Crippen molar-refractivity contribution in [3.63, 3.8) is 0 Å². The van der Waals surface area contributed by atoms with Crippen molar-refractivity contribution >= 4 is 5.91 Å². The summed E-state index contributed by atoms with van der Waals surface area (Å²) < 4.78 is 4.96. The van der Waals surface area contributed by atoms with Crippen LogP contribution in [0.1, 0.15) is 30.9 Å². The first-order valence-electron chi connectivity index (χ1n) is 6.72. The smallest absolute Gasteiger partial charge is 0.226 e. The fourth-order valence-electron chi connectivity index (χ4n) is 2.24. The summed E-state index contributed by atoms with van der Waals surface area (Å²) in [5.74, 6) is 0.676. The van der Waals surface area contributed by atoms with Gasteiger partial charge in [-0.3, -0.25) is 4.79 Å². The highest BCUT2D eigenvalue weighted by molar-refractivity contribution is 5.78. The number of rotatable bonds is 5. The minimum atomic E-state index is -0.294. The molecular formula is C16H20N2O2. The maximum absolute atomic E-state index is 12.0. The van der Waals surface area contributed by atoms with Crippen molar-refractivity contribution in [2.75, 3.05) is 0 Å². The summed E-state index contributed by atoms with van der Waals surface area (Å²) in [6, 6.07) is 11.9. The van der Waals surface area contributed by atoms with Crippen molar-refractivity contribution in [3.05, 3.63) is 53.4 Å². The molecule has 0 aliphatic carbocycles. The van der Waals surface area contributed by atoms with Crippen LogP contribution in [-0.4, -0.2) is 16.6 Å². The Balaban J connectivity index is 1.92. The molecule has 0 bridgehead atoms. The predicted octanol–water partition coefficient (Wildman–Crippen LogP) is 2.66. The number of carbonyl (C=O) groups excluding carboxylic acids is 1. The summed E-state index contributed by atoms with van der Waals surface area (Å²) in [6.07, 6.45) is 1.03. The standard InChI is InChI=1S/C16H20N2O2/c1-12-9-14(18-20-12)10-15(19)17-16(2,3)11-13-7-5-4-6-8-13/h4-9H,10-11H2,1-3H3,(H,17,19). The molecular weight excluding hydrogens is 252 g/mol. The Labute approximate surface area is 119 Å². The van der Waals surface area contributed by atoms with Crippen LogP contribution in [0.2, 0.25) is 0 Å². The van der Waals surface area contributed by atoms with Crippen LogP contribution in [0.5, 0.6) is 0 Å². The monoisotopic (exact) mass is 272 g/mol. The van der Waals surface area contributed by atoms with Gasteiger partial charge < -0.3 is 9.84 Å². The molecule has 1 aromatic carbocycles. The maximum Gasteiger partial charge on any atom is 0.226 e. The van der Waals surface area contributed by atoms with Crippen LogP contribution in [-0.2, 0) is 17.6 Å². The van der Waals surface area contributed by atoms with Crippen molar-refractivity contribution in [1.29, 1.82) is 0 Å². The minimum absolute atomic E-state index is 0.0424. The Morgan fingerprint density at radius 3 is 2.60 bits per heavy atom. The Hall–Kier alpha value is -2.10. The van der Waals surface area contributed by atoms with E-state index in [1.807, 2.05) is 39.0 Å². The second-order valence-corrected chi connectivity index (χ2v) is 5.70. The first kappa shape index (κ1) is 14.3. The molecule has 2 aromatic rings. The molecule has 20 heavy (non-hydrogen) atoms.